The Kier molecular flexibility index (Phi) is 2.43. The lowest BCUT2D eigenvalue weighted by Crippen LogP contribution is -2.51. The molecule has 1 atom stereocenters. The van der Waals surface area contributed by atoms with Crippen molar-refractivity contribution < 1.29 is 30.7 Å². The summed E-state index contributed by atoms with van der Waals surface area (Å²) in [6.07, 6.45) is 0. The standard InChI is InChI=1S/C9H9F7/c1-4(2)5-6(3,10)8(13,14)9(15,16)7(5,11)12/h1-3H3. The predicted molar refractivity (Wildman–Crippen MR) is 42.7 cm³/mol. The number of hydrogen-bond acceptors (Lipinski definition) is 0. The van der Waals surface area contributed by atoms with E-state index in [-0.39, 0.29) is 6.92 Å². The maximum absolute atomic E-state index is 13.5. The zero-order valence-corrected chi connectivity index (χ0v) is 8.65. The van der Waals surface area contributed by atoms with Crippen molar-refractivity contribution in [3.05, 3.63) is 11.1 Å². The summed E-state index contributed by atoms with van der Waals surface area (Å²) in [5, 5.41) is 0. The van der Waals surface area contributed by atoms with Crippen molar-refractivity contribution >= 4 is 0 Å². The van der Waals surface area contributed by atoms with Crippen LogP contribution in [0.1, 0.15) is 20.8 Å². The molecule has 1 rings (SSSR count). The molecule has 1 saturated carbocycles. The molecule has 0 aliphatic heterocycles. The summed E-state index contributed by atoms with van der Waals surface area (Å²) in [5.74, 6) is -16.3. The molecule has 1 aliphatic carbocycles. The summed E-state index contributed by atoms with van der Waals surface area (Å²) in [5.41, 5.74) is -6.47. The Balaban J connectivity index is 3.66. The Bertz CT molecular complexity index is 319. The van der Waals surface area contributed by atoms with Gasteiger partial charge in [0.25, 0.3) is 0 Å². The van der Waals surface area contributed by atoms with Crippen LogP contribution in [0, 0.1) is 0 Å². The predicted octanol–water partition coefficient (Wildman–Crippen LogP) is 3.97. The normalized spacial score (nSPS) is 35.2. The van der Waals surface area contributed by atoms with Gasteiger partial charge in [-0.1, -0.05) is 5.57 Å². The number of hydrogen-bond donors (Lipinski definition) is 0. The molecule has 1 fully saturated rings. The third kappa shape index (κ3) is 1.11. The van der Waals surface area contributed by atoms with Gasteiger partial charge in [-0.15, -0.1) is 0 Å². The fourth-order valence-corrected chi connectivity index (χ4v) is 1.88. The van der Waals surface area contributed by atoms with E-state index in [0.717, 1.165) is 13.8 Å². The highest BCUT2D eigenvalue weighted by molar-refractivity contribution is 5.42. The maximum Gasteiger partial charge on any atom is 0.379 e. The fourth-order valence-electron chi connectivity index (χ4n) is 1.88. The molecule has 1 unspecified atom stereocenters. The van der Waals surface area contributed by atoms with Crippen LogP contribution in [0.15, 0.2) is 11.1 Å². The smallest absolute Gasteiger partial charge is 0.232 e. The Labute approximate surface area is 87.1 Å². The first-order chi connectivity index (χ1) is 6.82. The molecule has 0 heterocycles. The first-order valence-electron chi connectivity index (χ1n) is 4.32. The third-order valence-electron chi connectivity index (χ3n) is 2.66. The van der Waals surface area contributed by atoms with Gasteiger partial charge in [0.05, 0.1) is 0 Å². The molecular formula is C9H9F7. The topological polar surface area (TPSA) is 0 Å². The molecule has 1 aliphatic rings. The van der Waals surface area contributed by atoms with Gasteiger partial charge in [0, 0.05) is 5.57 Å². The second-order valence-corrected chi connectivity index (χ2v) is 4.10. The second-order valence-electron chi connectivity index (χ2n) is 4.10. The van der Waals surface area contributed by atoms with Gasteiger partial charge in [0.15, 0.2) is 0 Å². The molecule has 0 saturated heterocycles. The van der Waals surface area contributed by atoms with Crippen molar-refractivity contribution in [3.8, 4) is 0 Å². The van der Waals surface area contributed by atoms with Crippen LogP contribution in [-0.2, 0) is 0 Å². The first kappa shape index (κ1) is 13.3. The average molecular weight is 250 g/mol. The minimum atomic E-state index is -5.73. The zero-order valence-electron chi connectivity index (χ0n) is 8.65. The summed E-state index contributed by atoms with van der Waals surface area (Å²) in [7, 11) is 0. The summed E-state index contributed by atoms with van der Waals surface area (Å²) in [6.45, 7) is 1.82. The minimum Gasteiger partial charge on any atom is -0.232 e. The lowest BCUT2D eigenvalue weighted by molar-refractivity contribution is -0.284. The highest BCUT2D eigenvalue weighted by atomic mass is 19.3. The molecular weight excluding hydrogens is 241 g/mol. The molecule has 94 valence electrons. The lowest BCUT2D eigenvalue weighted by atomic mass is 9.94. The van der Waals surface area contributed by atoms with Crippen molar-refractivity contribution in [2.45, 2.75) is 44.2 Å². The van der Waals surface area contributed by atoms with Gasteiger partial charge in [-0.3, -0.25) is 0 Å². The van der Waals surface area contributed by atoms with E-state index in [0.29, 0.717) is 0 Å². The van der Waals surface area contributed by atoms with Crippen molar-refractivity contribution in [2.75, 3.05) is 0 Å². The number of allylic oxidation sites excluding steroid dienone is 2. The largest absolute Gasteiger partial charge is 0.379 e. The van der Waals surface area contributed by atoms with Crippen LogP contribution in [0.2, 0.25) is 0 Å². The van der Waals surface area contributed by atoms with Gasteiger partial charge >= 0.3 is 17.8 Å². The first-order valence-corrected chi connectivity index (χ1v) is 4.32. The number of rotatable bonds is 0. The van der Waals surface area contributed by atoms with Crippen molar-refractivity contribution in [3.63, 3.8) is 0 Å². The molecule has 0 bridgehead atoms. The van der Waals surface area contributed by atoms with E-state index in [2.05, 4.69) is 0 Å². The van der Waals surface area contributed by atoms with Crippen LogP contribution in [0.4, 0.5) is 30.7 Å². The number of alkyl halides is 7. The van der Waals surface area contributed by atoms with Crippen LogP contribution >= 0.6 is 0 Å². The Morgan fingerprint density at radius 2 is 1.19 bits per heavy atom. The van der Waals surface area contributed by atoms with Gasteiger partial charge in [-0.25, -0.2) is 4.39 Å². The van der Waals surface area contributed by atoms with Crippen LogP contribution in [0.3, 0.4) is 0 Å². The summed E-state index contributed by atoms with van der Waals surface area (Å²) in [6, 6.07) is 0. The molecule has 0 nitrogen and oxygen atoms in total. The van der Waals surface area contributed by atoms with Crippen molar-refractivity contribution in [1.82, 2.24) is 0 Å². The lowest BCUT2D eigenvalue weighted by Gasteiger charge is -2.25. The summed E-state index contributed by atoms with van der Waals surface area (Å²) < 4.78 is 91.3. The molecule has 0 aromatic rings. The van der Waals surface area contributed by atoms with Crippen LogP contribution in [0.5, 0.6) is 0 Å². The maximum atomic E-state index is 13.5. The third-order valence-corrected chi connectivity index (χ3v) is 2.66. The molecule has 0 radical (unpaired) electrons. The molecule has 0 amide bonds. The molecule has 0 aromatic heterocycles. The van der Waals surface area contributed by atoms with E-state index in [1.165, 1.54) is 0 Å². The minimum absolute atomic E-state index is 0.0458. The average Bonchev–Trinajstić information content (AvgIpc) is 2.05. The van der Waals surface area contributed by atoms with Gasteiger partial charge in [0.2, 0.25) is 5.67 Å². The molecule has 7 heteroatoms. The van der Waals surface area contributed by atoms with Gasteiger partial charge in [0.1, 0.15) is 0 Å². The van der Waals surface area contributed by atoms with E-state index in [1.54, 1.807) is 0 Å². The fraction of sp³-hybridized carbons (Fsp3) is 0.778. The van der Waals surface area contributed by atoms with Gasteiger partial charge in [-0.2, -0.15) is 26.3 Å². The van der Waals surface area contributed by atoms with E-state index in [9.17, 15) is 30.7 Å². The van der Waals surface area contributed by atoms with E-state index < -0.39 is 34.6 Å². The Morgan fingerprint density at radius 1 is 0.812 bits per heavy atom. The van der Waals surface area contributed by atoms with E-state index in [4.69, 9.17) is 0 Å². The summed E-state index contributed by atoms with van der Waals surface area (Å²) >= 11 is 0. The monoisotopic (exact) mass is 250 g/mol. The molecule has 0 aromatic carbocycles. The summed E-state index contributed by atoms with van der Waals surface area (Å²) in [4.78, 5) is 0. The Morgan fingerprint density at radius 3 is 1.31 bits per heavy atom. The molecule has 16 heavy (non-hydrogen) atoms. The number of halogens is 7. The highest BCUT2D eigenvalue weighted by Gasteiger charge is 2.88. The van der Waals surface area contributed by atoms with Crippen LogP contribution in [0.25, 0.3) is 0 Å². The quantitative estimate of drug-likeness (QED) is 0.450. The van der Waals surface area contributed by atoms with E-state index in [1.807, 2.05) is 0 Å². The highest BCUT2D eigenvalue weighted by Crippen LogP contribution is 2.65. The zero-order chi connectivity index (χ0) is 13.2. The Hall–Kier alpha value is -0.750. The van der Waals surface area contributed by atoms with Crippen molar-refractivity contribution in [2.24, 2.45) is 0 Å². The molecule has 0 spiro atoms. The van der Waals surface area contributed by atoms with E-state index >= 15 is 0 Å². The van der Waals surface area contributed by atoms with Gasteiger partial charge in [-0.05, 0) is 20.8 Å². The second kappa shape index (κ2) is 2.92. The van der Waals surface area contributed by atoms with Gasteiger partial charge < -0.3 is 0 Å². The molecule has 0 N–H and O–H groups in total. The SMILES string of the molecule is CC(C)=C1C(C)(F)C(F)(F)C(F)(F)C1(F)F. The van der Waals surface area contributed by atoms with Crippen molar-refractivity contribution in [1.29, 1.82) is 0 Å². The van der Waals surface area contributed by atoms with Crippen LogP contribution < -0.4 is 0 Å². The van der Waals surface area contributed by atoms with Crippen LogP contribution in [-0.4, -0.2) is 23.4 Å².